The van der Waals surface area contributed by atoms with Gasteiger partial charge in [0, 0.05) is 6.07 Å². The van der Waals surface area contributed by atoms with E-state index in [1.165, 1.54) is 49.6 Å². The number of benzene rings is 2. The molecular formula is C13H14N2O4S. The summed E-state index contributed by atoms with van der Waals surface area (Å²) >= 11 is 0. The van der Waals surface area contributed by atoms with Gasteiger partial charge >= 0.3 is 0 Å². The number of aromatic hydroxyl groups is 1. The second kappa shape index (κ2) is 5.30. The molecule has 0 fully saturated rings. The minimum absolute atomic E-state index is 0.0131. The van der Waals surface area contributed by atoms with Gasteiger partial charge in [0.2, 0.25) is 0 Å². The maximum atomic E-state index is 12.2. The molecule has 0 atom stereocenters. The second-order valence-electron chi connectivity index (χ2n) is 4.06. The van der Waals surface area contributed by atoms with E-state index >= 15 is 0 Å². The Kier molecular flexibility index (Phi) is 3.71. The first-order valence-corrected chi connectivity index (χ1v) is 7.16. The van der Waals surface area contributed by atoms with Crippen molar-refractivity contribution >= 4 is 21.4 Å². The van der Waals surface area contributed by atoms with E-state index in [2.05, 4.69) is 4.72 Å². The monoisotopic (exact) mass is 294 g/mol. The number of rotatable bonds is 4. The highest BCUT2D eigenvalue weighted by molar-refractivity contribution is 7.92. The van der Waals surface area contributed by atoms with E-state index in [4.69, 9.17) is 10.5 Å². The number of anilines is 2. The molecule has 2 rings (SSSR count). The van der Waals surface area contributed by atoms with Crippen LogP contribution < -0.4 is 15.2 Å². The van der Waals surface area contributed by atoms with Crippen LogP contribution >= 0.6 is 0 Å². The third kappa shape index (κ3) is 2.94. The molecule has 0 aliphatic rings. The lowest BCUT2D eigenvalue weighted by Gasteiger charge is -2.10. The molecule has 0 aliphatic heterocycles. The number of nitrogen functional groups attached to an aromatic ring is 1. The van der Waals surface area contributed by atoms with Gasteiger partial charge in [-0.2, -0.15) is 0 Å². The van der Waals surface area contributed by atoms with Crippen molar-refractivity contribution in [1.29, 1.82) is 0 Å². The first kappa shape index (κ1) is 14.0. The van der Waals surface area contributed by atoms with Crippen LogP contribution in [0.3, 0.4) is 0 Å². The number of methoxy groups -OCH3 is 1. The maximum Gasteiger partial charge on any atom is 0.261 e. The Hall–Kier alpha value is -2.41. The average Bonchev–Trinajstić information content (AvgIpc) is 2.38. The summed E-state index contributed by atoms with van der Waals surface area (Å²) in [5, 5.41) is 9.32. The zero-order chi connectivity index (χ0) is 14.8. The molecule has 0 heterocycles. The fraction of sp³-hybridized carbons (Fsp3) is 0.0769. The lowest BCUT2D eigenvalue weighted by atomic mass is 10.3. The fourth-order valence-corrected chi connectivity index (χ4v) is 2.75. The third-order valence-electron chi connectivity index (χ3n) is 2.61. The van der Waals surface area contributed by atoms with Crippen LogP contribution in [0, 0.1) is 0 Å². The van der Waals surface area contributed by atoms with E-state index in [1.807, 2.05) is 0 Å². The van der Waals surface area contributed by atoms with Crippen LogP contribution in [0.5, 0.6) is 11.5 Å². The van der Waals surface area contributed by atoms with E-state index in [0.29, 0.717) is 5.75 Å². The smallest absolute Gasteiger partial charge is 0.261 e. The van der Waals surface area contributed by atoms with Gasteiger partial charge in [-0.3, -0.25) is 4.72 Å². The molecule has 2 aromatic carbocycles. The van der Waals surface area contributed by atoms with E-state index in [0.717, 1.165) is 0 Å². The average molecular weight is 294 g/mol. The van der Waals surface area contributed by atoms with E-state index in [1.54, 1.807) is 0 Å². The number of nitrogens with one attached hydrogen (secondary N) is 1. The zero-order valence-corrected chi connectivity index (χ0v) is 11.5. The van der Waals surface area contributed by atoms with Gasteiger partial charge in [0.15, 0.2) is 0 Å². The number of hydrogen-bond acceptors (Lipinski definition) is 5. The number of phenolic OH excluding ortho intramolecular Hbond substituents is 1. The van der Waals surface area contributed by atoms with Crippen LogP contribution in [0.1, 0.15) is 0 Å². The molecule has 6 nitrogen and oxygen atoms in total. The molecule has 0 saturated carbocycles. The quantitative estimate of drug-likeness (QED) is 0.746. The molecule has 2 aromatic rings. The Morgan fingerprint density at radius 1 is 1.20 bits per heavy atom. The lowest BCUT2D eigenvalue weighted by Crippen LogP contribution is -2.13. The Bertz CT molecular complexity index is 729. The van der Waals surface area contributed by atoms with Crippen molar-refractivity contribution in [2.45, 2.75) is 4.90 Å². The molecule has 0 saturated heterocycles. The topological polar surface area (TPSA) is 102 Å². The molecule has 20 heavy (non-hydrogen) atoms. The largest absolute Gasteiger partial charge is 0.508 e. The highest BCUT2D eigenvalue weighted by Gasteiger charge is 2.16. The Morgan fingerprint density at radius 3 is 2.55 bits per heavy atom. The first-order chi connectivity index (χ1) is 9.42. The van der Waals surface area contributed by atoms with E-state index in [-0.39, 0.29) is 22.0 Å². The molecule has 7 heteroatoms. The van der Waals surface area contributed by atoms with Gasteiger partial charge in [-0.15, -0.1) is 0 Å². The molecular weight excluding hydrogens is 280 g/mol. The van der Waals surface area contributed by atoms with Crippen molar-refractivity contribution in [3.05, 3.63) is 42.5 Å². The highest BCUT2D eigenvalue weighted by Crippen LogP contribution is 2.26. The fourth-order valence-electron chi connectivity index (χ4n) is 1.66. The standard InChI is InChI=1S/C13H14N2O4S/c1-19-13-6-5-11(8-12(13)14)20(17,18)15-9-3-2-4-10(16)7-9/h2-8,15-16H,14H2,1H3. The van der Waals surface area contributed by atoms with Crippen LogP contribution in [0.15, 0.2) is 47.4 Å². The number of hydrogen-bond donors (Lipinski definition) is 3. The van der Waals surface area contributed by atoms with Crippen LogP contribution in [-0.2, 0) is 10.0 Å². The molecule has 0 unspecified atom stereocenters. The van der Waals surface area contributed by atoms with Crippen LogP contribution in [-0.4, -0.2) is 20.6 Å². The van der Waals surface area contributed by atoms with Crippen LogP contribution in [0.2, 0.25) is 0 Å². The highest BCUT2D eigenvalue weighted by atomic mass is 32.2. The van der Waals surface area contributed by atoms with Gasteiger partial charge in [-0.05, 0) is 30.3 Å². The summed E-state index contributed by atoms with van der Waals surface area (Å²) < 4.78 is 31.7. The summed E-state index contributed by atoms with van der Waals surface area (Å²) in [6.45, 7) is 0. The summed E-state index contributed by atoms with van der Waals surface area (Å²) in [6, 6.07) is 10.0. The van der Waals surface area contributed by atoms with Crippen molar-refractivity contribution in [1.82, 2.24) is 0 Å². The van der Waals surface area contributed by atoms with Crippen molar-refractivity contribution in [3.63, 3.8) is 0 Å². The molecule has 4 N–H and O–H groups in total. The van der Waals surface area contributed by atoms with Crippen molar-refractivity contribution in [2.75, 3.05) is 17.6 Å². The van der Waals surface area contributed by atoms with Gasteiger partial charge in [-0.25, -0.2) is 8.42 Å². The number of nitrogens with two attached hydrogens (primary N) is 1. The molecule has 0 radical (unpaired) electrons. The minimum atomic E-state index is -3.77. The van der Waals surface area contributed by atoms with Gasteiger partial charge < -0.3 is 15.6 Å². The summed E-state index contributed by atoms with van der Waals surface area (Å²) in [7, 11) is -2.32. The number of ether oxygens (including phenoxy) is 1. The zero-order valence-electron chi connectivity index (χ0n) is 10.7. The number of phenols is 1. The van der Waals surface area contributed by atoms with Crippen molar-refractivity contribution in [3.8, 4) is 11.5 Å². The predicted molar refractivity (Wildman–Crippen MR) is 76.3 cm³/mol. The van der Waals surface area contributed by atoms with Gasteiger partial charge in [0.1, 0.15) is 11.5 Å². The summed E-state index contributed by atoms with van der Waals surface area (Å²) in [5.41, 5.74) is 6.18. The Labute approximate surface area is 116 Å². The summed E-state index contributed by atoms with van der Waals surface area (Å²) in [4.78, 5) is 0.0131. The normalized spacial score (nSPS) is 11.1. The van der Waals surface area contributed by atoms with E-state index in [9.17, 15) is 13.5 Å². The lowest BCUT2D eigenvalue weighted by molar-refractivity contribution is 0.416. The first-order valence-electron chi connectivity index (χ1n) is 5.68. The molecule has 106 valence electrons. The Morgan fingerprint density at radius 2 is 1.95 bits per heavy atom. The van der Waals surface area contributed by atoms with Gasteiger partial charge in [-0.1, -0.05) is 6.07 Å². The predicted octanol–water partition coefficient (Wildman–Crippen LogP) is 1.78. The minimum Gasteiger partial charge on any atom is -0.508 e. The Balaban J connectivity index is 2.33. The van der Waals surface area contributed by atoms with Crippen LogP contribution in [0.25, 0.3) is 0 Å². The van der Waals surface area contributed by atoms with Crippen molar-refractivity contribution in [2.24, 2.45) is 0 Å². The SMILES string of the molecule is COc1ccc(S(=O)(=O)Nc2cccc(O)c2)cc1N. The van der Waals surface area contributed by atoms with Crippen LogP contribution in [0.4, 0.5) is 11.4 Å². The van der Waals surface area contributed by atoms with Crippen molar-refractivity contribution < 1.29 is 18.3 Å². The number of sulfonamides is 1. The molecule has 0 spiro atoms. The van der Waals surface area contributed by atoms with E-state index < -0.39 is 10.0 Å². The van der Waals surface area contributed by atoms with Gasteiger partial charge in [0.05, 0.1) is 23.4 Å². The molecule has 0 aliphatic carbocycles. The summed E-state index contributed by atoms with van der Waals surface area (Å²) in [6.07, 6.45) is 0. The third-order valence-corrected chi connectivity index (χ3v) is 3.99. The molecule has 0 bridgehead atoms. The maximum absolute atomic E-state index is 12.2. The summed E-state index contributed by atoms with van der Waals surface area (Å²) in [5.74, 6) is 0.376. The molecule has 0 amide bonds. The second-order valence-corrected chi connectivity index (χ2v) is 5.74. The molecule has 0 aromatic heterocycles. The van der Waals surface area contributed by atoms with Gasteiger partial charge in [0.25, 0.3) is 10.0 Å².